The first kappa shape index (κ1) is 25.0. The van der Waals surface area contributed by atoms with Gasteiger partial charge in [-0.2, -0.15) is 0 Å². The van der Waals surface area contributed by atoms with Crippen molar-refractivity contribution in [1.82, 2.24) is 24.5 Å². The van der Waals surface area contributed by atoms with Crippen LogP contribution in [-0.2, 0) is 6.61 Å². The monoisotopic (exact) mass is 485 g/mol. The van der Waals surface area contributed by atoms with Crippen LogP contribution in [0, 0.1) is 27.7 Å². The van der Waals surface area contributed by atoms with Gasteiger partial charge in [0, 0.05) is 36.1 Å². The first-order valence-corrected chi connectivity index (χ1v) is 11.9. The molecule has 4 rings (SSSR count). The van der Waals surface area contributed by atoms with Crippen molar-refractivity contribution in [3.05, 3.63) is 87.0 Å². The number of aromatic nitrogens is 5. The van der Waals surface area contributed by atoms with Gasteiger partial charge in [0.2, 0.25) is 5.88 Å². The Hall–Kier alpha value is -4.07. The topological polar surface area (TPSA) is 92.0 Å². The minimum atomic E-state index is -0.147. The van der Waals surface area contributed by atoms with Gasteiger partial charge in [-0.25, -0.2) is 15.0 Å². The van der Waals surface area contributed by atoms with Crippen LogP contribution in [0.4, 0.5) is 0 Å². The van der Waals surface area contributed by atoms with Gasteiger partial charge in [0.25, 0.3) is 5.56 Å². The number of methoxy groups -OCH3 is 1. The zero-order chi connectivity index (χ0) is 26.0. The SMILES string of the molecule is COc1cccc(COc2cc(C)n(-c3cc(-c4nc(C(C)C)ncc4C)ncc3C)c(=O)c2C)n1. The lowest BCUT2D eigenvalue weighted by molar-refractivity contribution is 0.294. The maximum absolute atomic E-state index is 13.5. The van der Waals surface area contributed by atoms with E-state index in [9.17, 15) is 4.79 Å². The van der Waals surface area contributed by atoms with Crippen molar-refractivity contribution in [2.24, 2.45) is 0 Å². The second-order valence-corrected chi connectivity index (χ2v) is 9.15. The van der Waals surface area contributed by atoms with E-state index in [0.29, 0.717) is 28.6 Å². The molecule has 4 aromatic heterocycles. The number of pyridine rings is 3. The van der Waals surface area contributed by atoms with Gasteiger partial charge in [-0.05, 0) is 51.0 Å². The normalized spacial score (nSPS) is 11.1. The molecule has 0 amide bonds. The van der Waals surface area contributed by atoms with Crippen molar-refractivity contribution in [2.45, 2.75) is 54.1 Å². The smallest absolute Gasteiger partial charge is 0.261 e. The Morgan fingerprint density at radius 1 is 0.972 bits per heavy atom. The van der Waals surface area contributed by atoms with Crippen LogP contribution in [0.2, 0.25) is 0 Å². The Kier molecular flexibility index (Phi) is 7.15. The molecule has 0 fully saturated rings. The Labute approximate surface area is 211 Å². The summed E-state index contributed by atoms with van der Waals surface area (Å²) in [5.74, 6) is 2.00. The minimum Gasteiger partial charge on any atom is -0.487 e. The summed E-state index contributed by atoms with van der Waals surface area (Å²) in [4.78, 5) is 31.7. The average molecular weight is 486 g/mol. The zero-order valence-electron chi connectivity index (χ0n) is 21.8. The summed E-state index contributed by atoms with van der Waals surface area (Å²) in [5, 5.41) is 0. The molecule has 0 radical (unpaired) electrons. The molecular weight excluding hydrogens is 454 g/mol. The average Bonchev–Trinajstić information content (AvgIpc) is 2.87. The van der Waals surface area contributed by atoms with E-state index < -0.39 is 0 Å². The molecule has 0 unspecified atom stereocenters. The zero-order valence-corrected chi connectivity index (χ0v) is 21.8. The van der Waals surface area contributed by atoms with Crippen LogP contribution in [-0.4, -0.2) is 31.6 Å². The first-order valence-electron chi connectivity index (χ1n) is 11.9. The molecule has 0 saturated carbocycles. The first-order chi connectivity index (χ1) is 17.2. The summed E-state index contributed by atoms with van der Waals surface area (Å²) >= 11 is 0. The molecule has 0 spiro atoms. The summed E-state index contributed by atoms with van der Waals surface area (Å²) < 4.78 is 12.9. The van der Waals surface area contributed by atoms with Crippen LogP contribution in [0.25, 0.3) is 17.1 Å². The molecule has 8 nitrogen and oxygen atoms in total. The highest BCUT2D eigenvalue weighted by Crippen LogP contribution is 2.26. The highest BCUT2D eigenvalue weighted by atomic mass is 16.5. The number of rotatable bonds is 7. The predicted molar refractivity (Wildman–Crippen MR) is 139 cm³/mol. The van der Waals surface area contributed by atoms with Crippen molar-refractivity contribution < 1.29 is 9.47 Å². The largest absolute Gasteiger partial charge is 0.487 e. The van der Waals surface area contributed by atoms with E-state index in [4.69, 9.17) is 14.5 Å². The molecule has 4 aromatic rings. The molecule has 4 heterocycles. The number of nitrogens with zero attached hydrogens (tertiary/aromatic N) is 5. The highest BCUT2D eigenvalue weighted by Gasteiger charge is 2.17. The van der Waals surface area contributed by atoms with Gasteiger partial charge in [-0.3, -0.25) is 14.3 Å². The molecule has 36 heavy (non-hydrogen) atoms. The summed E-state index contributed by atoms with van der Waals surface area (Å²) in [5.41, 5.74) is 5.87. The summed E-state index contributed by atoms with van der Waals surface area (Å²) in [7, 11) is 1.57. The van der Waals surface area contributed by atoms with E-state index in [2.05, 4.69) is 28.8 Å². The third kappa shape index (κ3) is 4.98. The van der Waals surface area contributed by atoms with E-state index >= 15 is 0 Å². The molecule has 0 atom stereocenters. The predicted octanol–water partition coefficient (Wildman–Crippen LogP) is 5.03. The van der Waals surface area contributed by atoms with Crippen LogP contribution in [0.3, 0.4) is 0 Å². The molecular formula is C28H31N5O3. The van der Waals surface area contributed by atoms with Gasteiger partial charge in [-0.15, -0.1) is 0 Å². The standard InChI is InChI=1S/C28H31N5O3/c1-16(2)27-30-14-18(4)26(32-27)22-12-23(17(3)13-29-22)33-19(5)11-24(20(6)28(33)34)36-15-21-9-8-10-25(31-21)35-7/h8-14,16H,15H2,1-7H3. The van der Waals surface area contributed by atoms with Crippen LogP contribution in [0.15, 0.2) is 47.5 Å². The fourth-order valence-corrected chi connectivity index (χ4v) is 3.93. The van der Waals surface area contributed by atoms with E-state index in [1.165, 1.54) is 0 Å². The molecule has 0 aliphatic heterocycles. The van der Waals surface area contributed by atoms with Gasteiger partial charge in [0.15, 0.2) is 0 Å². The molecule has 0 bridgehead atoms. The lowest BCUT2D eigenvalue weighted by atomic mass is 10.1. The fourth-order valence-electron chi connectivity index (χ4n) is 3.93. The third-order valence-electron chi connectivity index (χ3n) is 6.02. The van der Waals surface area contributed by atoms with Crippen molar-refractivity contribution in [1.29, 1.82) is 0 Å². The van der Waals surface area contributed by atoms with Crippen molar-refractivity contribution in [3.8, 4) is 28.7 Å². The molecule has 0 saturated heterocycles. The maximum Gasteiger partial charge on any atom is 0.261 e. The molecule has 8 heteroatoms. The molecule has 0 aliphatic carbocycles. The lowest BCUT2D eigenvalue weighted by Gasteiger charge is -2.18. The molecule has 186 valence electrons. The van der Waals surface area contributed by atoms with E-state index in [0.717, 1.165) is 34.0 Å². The maximum atomic E-state index is 13.5. The van der Waals surface area contributed by atoms with Gasteiger partial charge < -0.3 is 9.47 Å². The van der Waals surface area contributed by atoms with E-state index in [1.54, 1.807) is 30.9 Å². The number of hydrogen-bond acceptors (Lipinski definition) is 7. The van der Waals surface area contributed by atoms with Gasteiger partial charge in [0.1, 0.15) is 18.2 Å². The molecule has 0 N–H and O–H groups in total. The van der Waals surface area contributed by atoms with Crippen LogP contribution >= 0.6 is 0 Å². The summed E-state index contributed by atoms with van der Waals surface area (Å²) in [6.07, 6.45) is 3.60. The summed E-state index contributed by atoms with van der Waals surface area (Å²) in [6, 6.07) is 9.28. The summed E-state index contributed by atoms with van der Waals surface area (Å²) in [6.45, 7) is 11.9. The minimum absolute atomic E-state index is 0.147. The lowest BCUT2D eigenvalue weighted by Crippen LogP contribution is -2.24. The van der Waals surface area contributed by atoms with Gasteiger partial charge in [0.05, 0.1) is 35.4 Å². The number of aryl methyl sites for hydroxylation is 3. The fraction of sp³-hybridized carbons (Fsp3) is 0.321. The molecule has 0 aliphatic rings. The van der Waals surface area contributed by atoms with Crippen LogP contribution in [0.1, 0.15) is 53.7 Å². The molecule has 0 aromatic carbocycles. The Bertz CT molecular complexity index is 1480. The van der Waals surface area contributed by atoms with Crippen molar-refractivity contribution in [2.75, 3.05) is 7.11 Å². The Morgan fingerprint density at radius 3 is 2.44 bits per heavy atom. The van der Waals surface area contributed by atoms with Gasteiger partial charge >= 0.3 is 0 Å². The highest BCUT2D eigenvalue weighted by molar-refractivity contribution is 5.62. The van der Waals surface area contributed by atoms with Crippen molar-refractivity contribution in [3.63, 3.8) is 0 Å². The second-order valence-electron chi connectivity index (χ2n) is 9.15. The second kappa shape index (κ2) is 10.3. The van der Waals surface area contributed by atoms with E-state index in [1.807, 2.05) is 51.2 Å². The Balaban J connectivity index is 1.73. The third-order valence-corrected chi connectivity index (χ3v) is 6.02. The van der Waals surface area contributed by atoms with Crippen LogP contribution < -0.4 is 15.0 Å². The van der Waals surface area contributed by atoms with Gasteiger partial charge in [-0.1, -0.05) is 19.9 Å². The quantitative estimate of drug-likeness (QED) is 0.362. The van der Waals surface area contributed by atoms with E-state index in [-0.39, 0.29) is 18.1 Å². The van der Waals surface area contributed by atoms with Crippen molar-refractivity contribution >= 4 is 0 Å². The number of hydrogen-bond donors (Lipinski definition) is 0. The Morgan fingerprint density at radius 2 is 1.72 bits per heavy atom. The van der Waals surface area contributed by atoms with Crippen LogP contribution in [0.5, 0.6) is 11.6 Å². The number of ether oxygens (including phenoxy) is 2.